The highest BCUT2D eigenvalue weighted by Gasteiger charge is 2.30. The number of ketones is 1. The third-order valence-electron chi connectivity index (χ3n) is 2.60. The molecule has 1 aromatic rings. The normalized spacial score (nSPS) is 16.8. The highest BCUT2D eigenvalue weighted by atomic mass is 35.5. The first-order valence-corrected chi connectivity index (χ1v) is 5.89. The minimum atomic E-state index is -0.669. The van der Waals surface area contributed by atoms with Crippen molar-refractivity contribution in [1.29, 1.82) is 0 Å². The first-order valence-electron chi connectivity index (χ1n) is 5.52. The van der Waals surface area contributed by atoms with Crippen molar-refractivity contribution in [3.05, 3.63) is 52.3 Å². The van der Waals surface area contributed by atoms with Crippen LogP contribution in [0.3, 0.4) is 0 Å². The van der Waals surface area contributed by atoms with E-state index in [1.807, 2.05) is 19.1 Å². The summed E-state index contributed by atoms with van der Waals surface area (Å²) in [5, 5.41) is -0.0426. The molecule has 1 aliphatic heterocycles. The van der Waals surface area contributed by atoms with E-state index in [1.165, 1.54) is 7.11 Å². The third kappa shape index (κ3) is 2.69. The topological polar surface area (TPSA) is 52.6 Å². The van der Waals surface area contributed by atoms with Gasteiger partial charge in [-0.25, -0.2) is 4.79 Å². The number of ether oxygens (including phenoxy) is 2. The summed E-state index contributed by atoms with van der Waals surface area (Å²) in [6.07, 6.45) is 0.978. The third-order valence-corrected chi connectivity index (χ3v) is 2.94. The second-order valence-electron chi connectivity index (χ2n) is 3.97. The Labute approximate surface area is 115 Å². The van der Waals surface area contributed by atoms with Crippen molar-refractivity contribution in [3.63, 3.8) is 0 Å². The molecule has 0 saturated carbocycles. The van der Waals surface area contributed by atoms with Crippen molar-refractivity contribution in [3.8, 4) is 0 Å². The van der Waals surface area contributed by atoms with Crippen LogP contribution in [-0.4, -0.2) is 18.9 Å². The van der Waals surface area contributed by atoms with Crippen molar-refractivity contribution >= 4 is 29.1 Å². The Bertz CT molecular complexity index is 596. The summed E-state index contributed by atoms with van der Waals surface area (Å²) in [7, 11) is 1.22. The van der Waals surface area contributed by atoms with Gasteiger partial charge in [-0.15, -0.1) is 0 Å². The molecule has 1 heterocycles. The molecule has 0 atom stereocenters. The monoisotopic (exact) mass is 278 g/mol. The average molecular weight is 279 g/mol. The second-order valence-corrected chi connectivity index (χ2v) is 4.35. The summed E-state index contributed by atoms with van der Waals surface area (Å²) in [6.45, 7) is 1.95. The van der Waals surface area contributed by atoms with E-state index in [4.69, 9.17) is 16.3 Å². The van der Waals surface area contributed by atoms with E-state index >= 15 is 0 Å². The molecule has 0 radical (unpaired) electrons. The van der Waals surface area contributed by atoms with Crippen molar-refractivity contribution in [2.24, 2.45) is 0 Å². The van der Waals surface area contributed by atoms with Crippen LogP contribution in [0, 0.1) is 6.92 Å². The van der Waals surface area contributed by atoms with Gasteiger partial charge in [-0.1, -0.05) is 41.4 Å². The van der Waals surface area contributed by atoms with Gasteiger partial charge in [0.1, 0.15) is 5.03 Å². The fraction of sp³-hybridized carbons (Fsp3) is 0.143. The number of Topliss-reactive ketones (excluding diaryl/α,β-unsaturated/α-hetero) is 1. The minimum Gasteiger partial charge on any atom is -0.466 e. The molecule has 0 aromatic heterocycles. The molecule has 0 aliphatic carbocycles. The molecule has 0 spiro atoms. The molecule has 0 saturated heterocycles. The van der Waals surface area contributed by atoms with Crippen molar-refractivity contribution in [2.45, 2.75) is 6.92 Å². The zero-order valence-electron chi connectivity index (χ0n) is 10.4. The zero-order chi connectivity index (χ0) is 14.0. The number of rotatable bonds is 2. The Morgan fingerprint density at radius 2 is 1.95 bits per heavy atom. The van der Waals surface area contributed by atoms with Gasteiger partial charge in [-0.05, 0) is 6.92 Å². The van der Waals surface area contributed by atoms with Crippen LogP contribution in [0.25, 0.3) is 5.76 Å². The van der Waals surface area contributed by atoms with Gasteiger partial charge in [-0.3, -0.25) is 4.79 Å². The highest BCUT2D eigenvalue weighted by Crippen LogP contribution is 2.34. The molecule has 98 valence electrons. The fourth-order valence-corrected chi connectivity index (χ4v) is 1.80. The molecule has 1 aliphatic rings. The predicted octanol–water partition coefficient (Wildman–Crippen LogP) is 2.56. The van der Waals surface area contributed by atoms with E-state index in [-0.39, 0.29) is 16.6 Å². The van der Waals surface area contributed by atoms with Crippen molar-refractivity contribution in [2.75, 3.05) is 7.11 Å². The lowest BCUT2D eigenvalue weighted by Crippen LogP contribution is -2.02. The predicted molar refractivity (Wildman–Crippen MR) is 70.1 cm³/mol. The van der Waals surface area contributed by atoms with Crippen LogP contribution in [0.4, 0.5) is 0 Å². The van der Waals surface area contributed by atoms with Gasteiger partial charge in [0.05, 0.1) is 13.2 Å². The van der Waals surface area contributed by atoms with Crippen LogP contribution in [0.15, 0.2) is 41.1 Å². The highest BCUT2D eigenvalue weighted by molar-refractivity contribution is 6.49. The number of carbonyl (C=O) groups is 2. The van der Waals surface area contributed by atoms with Crippen molar-refractivity contribution < 1.29 is 19.1 Å². The number of hydrogen-bond donors (Lipinski definition) is 0. The van der Waals surface area contributed by atoms with E-state index in [9.17, 15) is 9.59 Å². The maximum atomic E-state index is 11.8. The van der Waals surface area contributed by atoms with Gasteiger partial charge in [0.15, 0.2) is 11.5 Å². The SMILES string of the molecule is COC(=O)/C=C1/OC(c2ccc(C)cc2)=C(Cl)C1=O. The summed E-state index contributed by atoms with van der Waals surface area (Å²) in [4.78, 5) is 22.9. The van der Waals surface area contributed by atoms with Gasteiger partial charge in [0, 0.05) is 5.56 Å². The molecule has 0 bridgehead atoms. The first kappa shape index (κ1) is 13.4. The number of allylic oxidation sites excluding steroid dienone is 1. The molecule has 0 fully saturated rings. The number of halogens is 1. The van der Waals surface area contributed by atoms with Crippen LogP contribution in [-0.2, 0) is 19.1 Å². The lowest BCUT2D eigenvalue weighted by molar-refractivity contribution is -0.135. The standard InChI is InChI=1S/C14H11ClO4/c1-8-3-5-9(6-4-8)14-12(15)13(17)10(19-14)7-11(16)18-2/h3-7H,1-2H3/b10-7+. The van der Waals surface area contributed by atoms with Crippen molar-refractivity contribution in [1.82, 2.24) is 0 Å². The molecular formula is C14H11ClO4. The Balaban J connectivity index is 2.33. The summed E-state index contributed by atoms with van der Waals surface area (Å²) in [5.41, 5.74) is 1.76. The van der Waals surface area contributed by atoms with E-state index in [1.54, 1.807) is 12.1 Å². The molecular weight excluding hydrogens is 268 g/mol. The van der Waals surface area contributed by atoms with Gasteiger partial charge in [-0.2, -0.15) is 0 Å². The molecule has 5 heteroatoms. The van der Waals surface area contributed by atoms with Crippen LogP contribution in [0.1, 0.15) is 11.1 Å². The molecule has 2 rings (SSSR count). The lowest BCUT2D eigenvalue weighted by Gasteiger charge is -2.04. The number of methoxy groups -OCH3 is 1. The zero-order valence-corrected chi connectivity index (χ0v) is 11.2. The number of carbonyl (C=O) groups excluding carboxylic acids is 2. The smallest absolute Gasteiger partial charge is 0.334 e. The molecule has 4 nitrogen and oxygen atoms in total. The van der Waals surface area contributed by atoms with Crippen LogP contribution in [0.5, 0.6) is 0 Å². The molecule has 0 unspecified atom stereocenters. The molecule has 19 heavy (non-hydrogen) atoms. The number of aryl methyl sites for hydroxylation is 1. The van der Waals surface area contributed by atoms with E-state index in [0.717, 1.165) is 11.6 Å². The lowest BCUT2D eigenvalue weighted by atomic mass is 10.1. The van der Waals surface area contributed by atoms with Gasteiger partial charge in [0.25, 0.3) is 0 Å². The minimum absolute atomic E-state index is 0.0426. The number of benzene rings is 1. The quantitative estimate of drug-likeness (QED) is 0.616. The molecule has 0 amide bonds. The van der Waals surface area contributed by atoms with E-state index in [0.29, 0.717) is 5.56 Å². The Morgan fingerprint density at radius 1 is 1.32 bits per heavy atom. The number of hydrogen-bond acceptors (Lipinski definition) is 4. The van der Waals surface area contributed by atoms with Crippen LogP contribution < -0.4 is 0 Å². The van der Waals surface area contributed by atoms with Gasteiger partial charge < -0.3 is 9.47 Å². The molecule has 0 N–H and O–H groups in total. The van der Waals surface area contributed by atoms with Crippen LogP contribution >= 0.6 is 11.6 Å². The summed E-state index contributed by atoms with van der Waals surface area (Å²) in [6, 6.07) is 7.34. The van der Waals surface area contributed by atoms with Crippen LogP contribution in [0.2, 0.25) is 0 Å². The first-order chi connectivity index (χ1) is 9.02. The van der Waals surface area contributed by atoms with Gasteiger partial charge >= 0.3 is 5.97 Å². The van der Waals surface area contributed by atoms with Gasteiger partial charge in [0.2, 0.25) is 5.78 Å². The Hall–Kier alpha value is -2.07. The Kier molecular flexibility index (Phi) is 3.71. The van der Waals surface area contributed by atoms with E-state index < -0.39 is 11.8 Å². The number of esters is 1. The Morgan fingerprint density at radius 3 is 2.53 bits per heavy atom. The maximum absolute atomic E-state index is 11.8. The van der Waals surface area contributed by atoms with E-state index in [2.05, 4.69) is 4.74 Å². The summed E-state index contributed by atoms with van der Waals surface area (Å²) < 4.78 is 9.79. The summed E-state index contributed by atoms with van der Waals surface area (Å²) >= 11 is 5.94. The second kappa shape index (κ2) is 5.28. The molecule has 1 aromatic carbocycles. The average Bonchev–Trinajstić information content (AvgIpc) is 2.68. The summed E-state index contributed by atoms with van der Waals surface area (Å²) in [5.74, 6) is -1.07. The fourth-order valence-electron chi connectivity index (χ4n) is 1.56. The largest absolute Gasteiger partial charge is 0.466 e. The maximum Gasteiger partial charge on any atom is 0.334 e.